The molecular formula is C14H22FNOSn. The number of benzene rings is 1. The molecule has 18 heavy (non-hydrogen) atoms. The van der Waals surface area contributed by atoms with Gasteiger partial charge in [0.1, 0.15) is 0 Å². The van der Waals surface area contributed by atoms with E-state index in [4.69, 9.17) is 0 Å². The fraction of sp³-hybridized carbons (Fsp3) is 0.500. The van der Waals surface area contributed by atoms with Gasteiger partial charge in [-0.2, -0.15) is 0 Å². The van der Waals surface area contributed by atoms with Gasteiger partial charge in [0.05, 0.1) is 0 Å². The molecule has 2 nitrogen and oxygen atoms in total. The first-order chi connectivity index (χ1) is 8.21. The van der Waals surface area contributed by atoms with Gasteiger partial charge in [-0.1, -0.05) is 0 Å². The van der Waals surface area contributed by atoms with Gasteiger partial charge in [-0.05, 0) is 0 Å². The Hall–Kier alpha value is -0.581. The molecule has 0 unspecified atom stereocenters. The first-order valence-corrected chi connectivity index (χ1v) is 16.3. The summed E-state index contributed by atoms with van der Waals surface area (Å²) in [5.74, 6) is -0.351. The normalized spacial score (nSPS) is 11.7. The van der Waals surface area contributed by atoms with Crippen LogP contribution in [0, 0.1) is 11.7 Å². The summed E-state index contributed by atoms with van der Waals surface area (Å²) in [6.07, 6.45) is 0. The molecule has 1 aromatic carbocycles. The van der Waals surface area contributed by atoms with Gasteiger partial charge in [-0.25, -0.2) is 0 Å². The van der Waals surface area contributed by atoms with Crippen LogP contribution in [0.1, 0.15) is 19.4 Å². The molecule has 1 N–H and O–H groups in total. The quantitative estimate of drug-likeness (QED) is 0.824. The molecule has 0 saturated heterocycles. The molecule has 0 aliphatic carbocycles. The molecule has 100 valence electrons. The van der Waals surface area contributed by atoms with E-state index in [1.54, 1.807) is 0 Å². The van der Waals surface area contributed by atoms with Gasteiger partial charge in [-0.3, -0.25) is 0 Å². The fourth-order valence-corrected chi connectivity index (χ4v) is 4.96. The van der Waals surface area contributed by atoms with Crippen LogP contribution in [0.15, 0.2) is 18.2 Å². The summed E-state index contributed by atoms with van der Waals surface area (Å²) in [5.41, 5.74) is 0.591. The second kappa shape index (κ2) is 6.04. The first-order valence-electron chi connectivity index (χ1n) is 6.28. The molecular weight excluding hydrogens is 336 g/mol. The molecule has 0 aliphatic heterocycles. The van der Waals surface area contributed by atoms with Crippen LogP contribution >= 0.6 is 0 Å². The third kappa shape index (κ3) is 4.26. The van der Waals surface area contributed by atoms with Gasteiger partial charge in [0, 0.05) is 0 Å². The van der Waals surface area contributed by atoms with Crippen LogP contribution in [-0.2, 0) is 11.3 Å². The van der Waals surface area contributed by atoms with Crippen LogP contribution in [0.5, 0.6) is 0 Å². The average molecular weight is 358 g/mol. The van der Waals surface area contributed by atoms with E-state index in [0.717, 1.165) is 0 Å². The Morgan fingerprint density at radius 1 is 1.33 bits per heavy atom. The summed E-state index contributed by atoms with van der Waals surface area (Å²) in [7, 11) is 0. The van der Waals surface area contributed by atoms with Gasteiger partial charge >= 0.3 is 113 Å². The monoisotopic (exact) mass is 359 g/mol. The van der Waals surface area contributed by atoms with E-state index in [0.29, 0.717) is 5.56 Å². The van der Waals surface area contributed by atoms with Crippen molar-refractivity contribution in [2.75, 3.05) is 0 Å². The molecule has 4 heteroatoms. The van der Waals surface area contributed by atoms with E-state index < -0.39 is 18.4 Å². The van der Waals surface area contributed by atoms with Crippen molar-refractivity contribution >= 4 is 27.9 Å². The number of hydrogen-bond donors (Lipinski definition) is 1. The van der Waals surface area contributed by atoms with Gasteiger partial charge < -0.3 is 0 Å². The van der Waals surface area contributed by atoms with Gasteiger partial charge in [0.2, 0.25) is 0 Å². The Labute approximate surface area is 113 Å². The molecule has 1 rings (SSSR count). The minimum absolute atomic E-state index is 0.0425. The molecule has 0 aliphatic rings. The van der Waals surface area contributed by atoms with E-state index in [1.807, 2.05) is 26.0 Å². The number of hydrogen-bond acceptors (Lipinski definition) is 1. The van der Waals surface area contributed by atoms with Crippen molar-refractivity contribution in [2.24, 2.45) is 5.92 Å². The zero-order chi connectivity index (χ0) is 13.9. The Kier molecular flexibility index (Phi) is 5.19. The van der Waals surface area contributed by atoms with Crippen molar-refractivity contribution in [3.63, 3.8) is 0 Å². The minimum atomic E-state index is -2.17. The Bertz CT molecular complexity index is 438. The second-order valence-electron chi connectivity index (χ2n) is 5.93. The van der Waals surface area contributed by atoms with Crippen LogP contribution in [0.25, 0.3) is 0 Å². The number of halogens is 1. The van der Waals surface area contributed by atoms with Crippen LogP contribution < -0.4 is 8.90 Å². The fourth-order valence-electron chi connectivity index (χ4n) is 1.56. The van der Waals surface area contributed by atoms with Crippen LogP contribution in [0.3, 0.4) is 0 Å². The van der Waals surface area contributed by atoms with E-state index in [-0.39, 0.29) is 24.2 Å². The average Bonchev–Trinajstić information content (AvgIpc) is 2.25. The molecule has 1 amide bonds. The molecule has 0 fully saturated rings. The molecule has 0 saturated carbocycles. The van der Waals surface area contributed by atoms with Gasteiger partial charge in [-0.15, -0.1) is 0 Å². The summed E-state index contributed by atoms with van der Waals surface area (Å²) >= 11 is -2.17. The summed E-state index contributed by atoms with van der Waals surface area (Å²) in [4.78, 5) is 18.4. The van der Waals surface area contributed by atoms with Crippen molar-refractivity contribution in [2.45, 2.75) is 35.2 Å². The maximum atomic E-state index is 13.7. The van der Waals surface area contributed by atoms with Crippen LogP contribution in [0.2, 0.25) is 14.8 Å². The molecule has 0 aromatic heterocycles. The topological polar surface area (TPSA) is 29.1 Å². The van der Waals surface area contributed by atoms with Crippen molar-refractivity contribution in [1.82, 2.24) is 5.32 Å². The van der Waals surface area contributed by atoms with Crippen LogP contribution in [0.4, 0.5) is 4.39 Å². The predicted octanol–water partition coefficient (Wildman–Crippen LogP) is 2.64. The first kappa shape index (κ1) is 15.5. The third-order valence-electron chi connectivity index (χ3n) is 2.89. The Balaban J connectivity index is 2.85. The predicted molar refractivity (Wildman–Crippen MR) is 76.1 cm³/mol. The summed E-state index contributed by atoms with van der Waals surface area (Å²) in [6, 6.07) is 5.33. The zero-order valence-corrected chi connectivity index (χ0v) is 14.7. The van der Waals surface area contributed by atoms with E-state index in [1.165, 1.54) is 9.65 Å². The summed E-state index contributed by atoms with van der Waals surface area (Å²) < 4.78 is 15.0. The number of amides is 1. The Morgan fingerprint density at radius 2 is 1.94 bits per heavy atom. The van der Waals surface area contributed by atoms with E-state index in [9.17, 15) is 9.18 Å². The van der Waals surface area contributed by atoms with Crippen LogP contribution in [-0.4, -0.2) is 24.3 Å². The summed E-state index contributed by atoms with van der Waals surface area (Å²) in [5, 5.41) is 2.76. The van der Waals surface area contributed by atoms with Gasteiger partial charge in [0.25, 0.3) is 0 Å². The van der Waals surface area contributed by atoms with Crippen molar-refractivity contribution in [1.29, 1.82) is 0 Å². The second-order valence-corrected chi connectivity index (χ2v) is 20.4. The molecule has 1 aromatic rings. The van der Waals surface area contributed by atoms with Crippen molar-refractivity contribution in [3.05, 3.63) is 29.6 Å². The standard InChI is InChI=1S/C11H13FNO.3CH3.Sn/c1-8(2)11(14)13-7-9-5-3-4-6-10(9)12;;;;/h4-6,8H,7H2,1-2H3,(H,13,14);3*1H3;. The maximum absolute atomic E-state index is 13.7. The molecule has 0 heterocycles. The summed E-state index contributed by atoms with van der Waals surface area (Å²) in [6.45, 7) is 3.93. The van der Waals surface area contributed by atoms with Gasteiger partial charge in [0.15, 0.2) is 0 Å². The molecule has 0 bridgehead atoms. The molecule has 0 radical (unpaired) electrons. The van der Waals surface area contributed by atoms with E-state index >= 15 is 0 Å². The number of carbonyl (C=O) groups is 1. The Morgan fingerprint density at radius 3 is 2.44 bits per heavy atom. The van der Waals surface area contributed by atoms with E-state index in [2.05, 4.69) is 20.1 Å². The molecule has 0 spiro atoms. The number of nitrogens with one attached hydrogen (secondary N) is 1. The number of rotatable bonds is 4. The SMILES string of the molecule is CC(C)C(=O)NCc1c[c]([Sn]([CH3])([CH3])[CH3])ccc1F. The number of carbonyl (C=O) groups excluding carboxylic acids is 1. The zero-order valence-electron chi connectivity index (χ0n) is 11.8. The molecule has 0 atom stereocenters. The third-order valence-corrected chi connectivity index (χ3v) is 8.72. The van der Waals surface area contributed by atoms with Crippen molar-refractivity contribution < 1.29 is 9.18 Å². The van der Waals surface area contributed by atoms with Crippen molar-refractivity contribution in [3.8, 4) is 0 Å².